The van der Waals surface area contributed by atoms with E-state index in [4.69, 9.17) is 5.73 Å². The van der Waals surface area contributed by atoms with Crippen molar-refractivity contribution in [2.75, 3.05) is 5.32 Å². The van der Waals surface area contributed by atoms with E-state index in [1.807, 2.05) is 0 Å². The Morgan fingerprint density at radius 3 is 2.32 bits per heavy atom. The van der Waals surface area contributed by atoms with Gasteiger partial charge < -0.3 is 16.4 Å². The van der Waals surface area contributed by atoms with Crippen LogP contribution in [0.15, 0.2) is 18.2 Å². The average molecular weight is 271 g/mol. The lowest BCUT2D eigenvalue weighted by Gasteiger charge is -2.20. The maximum atomic E-state index is 13.0. The maximum absolute atomic E-state index is 13.0. The van der Waals surface area contributed by atoms with Gasteiger partial charge in [-0.25, -0.2) is 13.6 Å². The lowest BCUT2D eigenvalue weighted by Crippen LogP contribution is -2.49. The lowest BCUT2D eigenvalue weighted by molar-refractivity contribution is -0.118. The lowest BCUT2D eigenvalue weighted by atomic mass is 10.0. The topological polar surface area (TPSA) is 84.2 Å². The molecule has 0 aromatic heterocycles. The molecule has 7 heteroatoms. The van der Waals surface area contributed by atoms with Gasteiger partial charge in [0.1, 0.15) is 6.04 Å². The molecule has 0 aliphatic carbocycles. The number of nitrogens with two attached hydrogens (primary N) is 1. The third-order valence-corrected chi connectivity index (χ3v) is 2.43. The number of carbonyl (C=O) groups excluding carboxylic acids is 2. The first kappa shape index (κ1) is 14.9. The highest BCUT2D eigenvalue weighted by Crippen LogP contribution is 2.14. The molecule has 4 N–H and O–H groups in total. The Bertz CT molecular complexity index is 492. The molecule has 0 saturated heterocycles. The molecule has 1 atom stereocenters. The number of amides is 3. The fraction of sp³-hybridized carbons (Fsp3) is 0.333. The summed E-state index contributed by atoms with van der Waals surface area (Å²) in [5.74, 6) is -2.84. The molecule has 0 fully saturated rings. The van der Waals surface area contributed by atoms with Gasteiger partial charge in [-0.2, -0.15) is 0 Å². The average Bonchev–Trinajstić information content (AvgIpc) is 2.30. The van der Waals surface area contributed by atoms with Crippen molar-refractivity contribution in [3.05, 3.63) is 29.8 Å². The van der Waals surface area contributed by atoms with E-state index in [1.54, 1.807) is 13.8 Å². The number of primary amides is 1. The molecular formula is C12H15F2N3O2. The number of anilines is 1. The first-order valence-electron chi connectivity index (χ1n) is 5.63. The Balaban J connectivity index is 2.81. The molecule has 0 saturated carbocycles. The number of benzene rings is 1. The Morgan fingerprint density at radius 1 is 1.21 bits per heavy atom. The van der Waals surface area contributed by atoms with Gasteiger partial charge >= 0.3 is 6.03 Å². The highest BCUT2D eigenvalue weighted by Gasteiger charge is 2.23. The molecule has 19 heavy (non-hydrogen) atoms. The second-order valence-electron chi connectivity index (χ2n) is 4.35. The number of nitrogens with one attached hydrogen (secondary N) is 2. The number of rotatable bonds is 4. The Labute approximate surface area is 109 Å². The summed E-state index contributed by atoms with van der Waals surface area (Å²) in [7, 11) is 0. The van der Waals surface area contributed by atoms with E-state index in [-0.39, 0.29) is 11.6 Å². The molecule has 5 nitrogen and oxygen atoms in total. The molecule has 1 aromatic rings. The summed E-state index contributed by atoms with van der Waals surface area (Å²) in [5.41, 5.74) is 5.06. The van der Waals surface area contributed by atoms with Crippen LogP contribution in [0.1, 0.15) is 13.8 Å². The zero-order valence-electron chi connectivity index (χ0n) is 10.5. The SMILES string of the molecule is CC(C)[C@H](NC(N)=O)C(=O)Nc1ccc(F)c(F)c1. The molecule has 1 rings (SSSR count). The summed E-state index contributed by atoms with van der Waals surface area (Å²) in [6, 6.07) is 1.29. The van der Waals surface area contributed by atoms with E-state index in [0.29, 0.717) is 0 Å². The van der Waals surface area contributed by atoms with E-state index >= 15 is 0 Å². The van der Waals surface area contributed by atoms with Crippen molar-refractivity contribution in [1.29, 1.82) is 0 Å². The summed E-state index contributed by atoms with van der Waals surface area (Å²) >= 11 is 0. The highest BCUT2D eigenvalue weighted by molar-refractivity contribution is 5.97. The van der Waals surface area contributed by atoms with Gasteiger partial charge in [0, 0.05) is 11.8 Å². The minimum Gasteiger partial charge on any atom is -0.352 e. The molecule has 1 aromatic carbocycles. The Hall–Kier alpha value is -2.18. The second-order valence-corrected chi connectivity index (χ2v) is 4.35. The minimum atomic E-state index is -1.07. The van der Waals surface area contributed by atoms with Gasteiger partial charge in [0.2, 0.25) is 5.91 Å². The van der Waals surface area contributed by atoms with Gasteiger partial charge in [-0.3, -0.25) is 4.79 Å². The van der Waals surface area contributed by atoms with Crippen LogP contribution in [0, 0.1) is 17.6 Å². The summed E-state index contributed by atoms with van der Waals surface area (Å²) < 4.78 is 25.7. The van der Waals surface area contributed by atoms with Crippen LogP contribution in [0.2, 0.25) is 0 Å². The second kappa shape index (κ2) is 6.12. The van der Waals surface area contributed by atoms with Crippen LogP contribution in [0.5, 0.6) is 0 Å². The van der Waals surface area contributed by atoms with E-state index < -0.39 is 29.6 Å². The van der Waals surface area contributed by atoms with Gasteiger partial charge in [-0.05, 0) is 18.1 Å². The van der Waals surface area contributed by atoms with Gasteiger partial charge in [-0.1, -0.05) is 13.8 Å². The highest BCUT2D eigenvalue weighted by atomic mass is 19.2. The first-order chi connectivity index (χ1) is 8.81. The predicted molar refractivity (Wildman–Crippen MR) is 66.3 cm³/mol. The van der Waals surface area contributed by atoms with E-state index in [1.165, 1.54) is 6.07 Å². The smallest absolute Gasteiger partial charge is 0.312 e. The van der Waals surface area contributed by atoms with Gasteiger partial charge in [0.15, 0.2) is 11.6 Å². The third-order valence-electron chi connectivity index (χ3n) is 2.43. The fourth-order valence-electron chi connectivity index (χ4n) is 1.48. The summed E-state index contributed by atoms with van der Waals surface area (Å²) in [6.07, 6.45) is 0. The van der Waals surface area contributed by atoms with Crippen LogP contribution < -0.4 is 16.4 Å². The molecule has 0 heterocycles. The molecule has 0 radical (unpaired) electrons. The van der Waals surface area contributed by atoms with Crippen LogP contribution in [0.3, 0.4) is 0 Å². The molecule has 0 unspecified atom stereocenters. The minimum absolute atomic E-state index is 0.0980. The van der Waals surface area contributed by atoms with Crippen LogP contribution in [-0.4, -0.2) is 18.0 Å². The third kappa shape index (κ3) is 4.20. The Morgan fingerprint density at radius 2 is 1.84 bits per heavy atom. The van der Waals surface area contributed by atoms with Crippen molar-refractivity contribution in [2.24, 2.45) is 11.7 Å². The van der Waals surface area contributed by atoms with E-state index in [9.17, 15) is 18.4 Å². The van der Waals surface area contributed by atoms with Crippen molar-refractivity contribution in [3.8, 4) is 0 Å². The van der Waals surface area contributed by atoms with Crippen LogP contribution >= 0.6 is 0 Å². The monoisotopic (exact) mass is 271 g/mol. The molecule has 104 valence electrons. The summed E-state index contributed by atoms with van der Waals surface area (Å²) in [6.45, 7) is 3.43. The quantitative estimate of drug-likeness (QED) is 0.777. The van der Waals surface area contributed by atoms with Gasteiger partial charge in [0.05, 0.1) is 0 Å². The fourth-order valence-corrected chi connectivity index (χ4v) is 1.48. The molecular weight excluding hydrogens is 256 g/mol. The molecule has 0 bridgehead atoms. The summed E-state index contributed by atoms with van der Waals surface area (Å²) in [4.78, 5) is 22.7. The summed E-state index contributed by atoms with van der Waals surface area (Å²) in [5, 5.41) is 4.67. The Kier molecular flexibility index (Phi) is 4.80. The van der Waals surface area contributed by atoms with Crippen molar-refractivity contribution in [2.45, 2.75) is 19.9 Å². The number of halogens is 2. The number of urea groups is 1. The van der Waals surface area contributed by atoms with Crippen molar-refractivity contribution in [1.82, 2.24) is 5.32 Å². The first-order valence-corrected chi connectivity index (χ1v) is 5.63. The largest absolute Gasteiger partial charge is 0.352 e. The predicted octanol–water partition coefficient (Wildman–Crippen LogP) is 1.60. The van der Waals surface area contributed by atoms with Crippen LogP contribution in [-0.2, 0) is 4.79 Å². The number of hydrogen-bond donors (Lipinski definition) is 3. The normalized spacial score (nSPS) is 12.1. The molecule has 0 aliphatic rings. The molecule has 3 amide bonds. The zero-order valence-corrected chi connectivity index (χ0v) is 10.5. The number of carbonyl (C=O) groups is 2. The van der Waals surface area contributed by atoms with E-state index in [0.717, 1.165) is 12.1 Å². The van der Waals surface area contributed by atoms with Crippen molar-refractivity contribution < 1.29 is 18.4 Å². The standard InChI is InChI=1S/C12H15F2N3O2/c1-6(2)10(17-12(15)19)11(18)16-7-3-4-8(13)9(14)5-7/h3-6,10H,1-2H3,(H,16,18)(H3,15,17,19)/t10-/m0/s1. The zero-order chi connectivity index (χ0) is 14.6. The number of hydrogen-bond acceptors (Lipinski definition) is 2. The maximum Gasteiger partial charge on any atom is 0.312 e. The molecule has 0 aliphatic heterocycles. The van der Waals surface area contributed by atoms with Crippen LogP contribution in [0.4, 0.5) is 19.3 Å². The van der Waals surface area contributed by atoms with Crippen LogP contribution in [0.25, 0.3) is 0 Å². The molecule has 0 spiro atoms. The van der Waals surface area contributed by atoms with Crippen molar-refractivity contribution in [3.63, 3.8) is 0 Å². The van der Waals surface area contributed by atoms with Gasteiger partial charge in [0.25, 0.3) is 0 Å². The van der Waals surface area contributed by atoms with Gasteiger partial charge in [-0.15, -0.1) is 0 Å². The van der Waals surface area contributed by atoms with Crippen molar-refractivity contribution >= 4 is 17.6 Å². The van der Waals surface area contributed by atoms with E-state index in [2.05, 4.69) is 10.6 Å².